The molecule has 36 heavy (non-hydrogen) atoms. The molecular formula is C34H62OSi. The highest BCUT2D eigenvalue weighted by Gasteiger charge is 2.58. The molecule has 3 saturated carbocycles. The Morgan fingerprint density at radius 2 is 1.67 bits per heavy atom. The molecule has 4 aliphatic rings. The number of hydrogen-bond donors (Lipinski definition) is 0. The van der Waals surface area contributed by atoms with Crippen LogP contribution in [-0.4, -0.2) is 14.4 Å². The number of rotatable bonds is 7. The molecule has 9 atom stereocenters. The molecule has 0 amide bonds. The molecule has 2 heteroatoms. The molecule has 0 aromatic heterocycles. The molecule has 4 rings (SSSR count). The molecule has 1 nitrogen and oxygen atoms in total. The first kappa shape index (κ1) is 28.9. The first-order valence-electron chi connectivity index (χ1n) is 16.0. The van der Waals surface area contributed by atoms with Crippen LogP contribution in [0.2, 0.25) is 18.1 Å². The van der Waals surface area contributed by atoms with E-state index in [9.17, 15) is 0 Å². The summed E-state index contributed by atoms with van der Waals surface area (Å²) in [4.78, 5) is 0. The quantitative estimate of drug-likeness (QED) is 0.242. The van der Waals surface area contributed by atoms with Crippen LogP contribution in [0.25, 0.3) is 0 Å². The summed E-state index contributed by atoms with van der Waals surface area (Å²) in [5.41, 5.74) is 2.94. The van der Waals surface area contributed by atoms with Gasteiger partial charge in [0.1, 0.15) is 0 Å². The van der Waals surface area contributed by atoms with E-state index in [1.165, 1.54) is 64.2 Å². The third-order valence-electron chi connectivity index (χ3n) is 13.3. The molecule has 4 aliphatic carbocycles. The Morgan fingerprint density at radius 1 is 0.972 bits per heavy atom. The van der Waals surface area contributed by atoms with Gasteiger partial charge in [0.25, 0.3) is 0 Å². The van der Waals surface area contributed by atoms with Crippen molar-refractivity contribution >= 4 is 8.32 Å². The second-order valence-corrected chi connectivity index (χ2v) is 21.3. The zero-order chi connectivity index (χ0) is 26.7. The standard InChI is InChI=1S/C34H62OSi/c1-23(2)24(3)12-13-25(4)29-16-17-30-28-15-14-26-22-27(35-36(10,11)32(5,6)7)18-20-33(26,8)31(28)19-21-34(29,30)9/h17,23-29,31H,12-16,18-22H2,1-11H3/t24-,25+,26?,27-,28-,29?,31?,33-,34+/m0/s1. The summed E-state index contributed by atoms with van der Waals surface area (Å²) in [6.07, 6.45) is 17.3. The first-order chi connectivity index (χ1) is 16.6. The van der Waals surface area contributed by atoms with Gasteiger partial charge in [0.05, 0.1) is 0 Å². The SMILES string of the molecule is CC(C)[C@@H](C)CC[C@@H](C)C1CC=C2[C@@H]3CCC4C[C@@H](O[Si](C)(C)C(C)(C)C)CC[C@]4(C)C3CC[C@@]21C. The maximum atomic E-state index is 6.98. The maximum absolute atomic E-state index is 6.98. The van der Waals surface area contributed by atoms with Gasteiger partial charge in [-0.2, -0.15) is 0 Å². The molecule has 0 aliphatic heterocycles. The van der Waals surface area contributed by atoms with Crippen LogP contribution in [0.15, 0.2) is 11.6 Å². The van der Waals surface area contributed by atoms with Gasteiger partial charge in [0.15, 0.2) is 8.32 Å². The lowest BCUT2D eigenvalue weighted by Gasteiger charge is -2.60. The maximum Gasteiger partial charge on any atom is 0.192 e. The van der Waals surface area contributed by atoms with Crippen molar-refractivity contribution in [3.63, 3.8) is 0 Å². The van der Waals surface area contributed by atoms with Gasteiger partial charge in [0, 0.05) is 6.10 Å². The van der Waals surface area contributed by atoms with Crippen LogP contribution in [0, 0.1) is 52.3 Å². The van der Waals surface area contributed by atoms with Crippen molar-refractivity contribution in [3.05, 3.63) is 11.6 Å². The van der Waals surface area contributed by atoms with Crippen LogP contribution in [-0.2, 0) is 4.43 Å². The lowest BCUT2D eigenvalue weighted by molar-refractivity contribution is -0.0835. The Bertz CT molecular complexity index is 804. The Hall–Kier alpha value is -0.0831. The largest absolute Gasteiger partial charge is 0.414 e. The third kappa shape index (κ3) is 5.10. The highest BCUT2D eigenvalue weighted by molar-refractivity contribution is 6.74. The molecule has 0 N–H and O–H groups in total. The van der Waals surface area contributed by atoms with E-state index in [0.717, 1.165) is 41.4 Å². The van der Waals surface area contributed by atoms with Crippen molar-refractivity contribution < 1.29 is 4.43 Å². The summed E-state index contributed by atoms with van der Waals surface area (Å²) >= 11 is 0. The molecule has 0 saturated heterocycles. The van der Waals surface area contributed by atoms with E-state index >= 15 is 0 Å². The minimum absolute atomic E-state index is 0.314. The molecule has 0 aromatic carbocycles. The molecule has 0 radical (unpaired) electrons. The predicted molar refractivity (Wildman–Crippen MR) is 160 cm³/mol. The fourth-order valence-corrected chi connectivity index (χ4v) is 10.6. The highest BCUT2D eigenvalue weighted by atomic mass is 28.4. The summed E-state index contributed by atoms with van der Waals surface area (Å²) in [6.45, 7) is 27.3. The third-order valence-corrected chi connectivity index (χ3v) is 17.8. The highest BCUT2D eigenvalue weighted by Crippen LogP contribution is 2.67. The van der Waals surface area contributed by atoms with Crippen LogP contribution in [0.3, 0.4) is 0 Å². The lowest BCUT2D eigenvalue weighted by Crippen LogP contribution is -2.53. The fourth-order valence-electron chi connectivity index (χ4n) is 9.20. The zero-order valence-electron chi connectivity index (χ0n) is 26.2. The summed E-state index contributed by atoms with van der Waals surface area (Å²) in [5.74, 6) is 6.08. The second kappa shape index (κ2) is 10.1. The van der Waals surface area contributed by atoms with Crippen molar-refractivity contribution in [3.8, 4) is 0 Å². The Morgan fingerprint density at radius 3 is 2.31 bits per heavy atom. The minimum Gasteiger partial charge on any atom is -0.414 e. The van der Waals surface area contributed by atoms with Crippen LogP contribution >= 0.6 is 0 Å². The molecule has 0 bridgehead atoms. The monoisotopic (exact) mass is 514 g/mol. The molecule has 0 aromatic rings. The average molecular weight is 515 g/mol. The van der Waals surface area contributed by atoms with Crippen LogP contribution < -0.4 is 0 Å². The summed E-state index contributed by atoms with van der Waals surface area (Å²) < 4.78 is 6.98. The fraction of sp³-hybridized carbons (Fsp3) is 0.941. The van der Waals surface area contributed by atoms with E-state index in [0.29, 0.717) is 22.0 Å². The number of fused-ring (bicyclic) bond motifs is 5. The van der Waals surface area contributed by atoms with Gasteiger partial charge < -0.3 is 4.43 Å². The smallest absolute Gasteiger partial charge is 0.192 e. The lowest BCUT2D eigenvalue weighted by atomic mass is 9.45. The van der Waals surface area contributed by atoms with E-state index in [1.54, 1.807) is 0 Å². The van der Waals surface area contributed by atoms with E-state index in [-0.39, 0.29) is 0 Å². The van der Waals surface area contributed by atoms with Crippen LogP contribution in [0.1, 0.15) is 127 Å². The Balaban J connectivity index is 1.42. The van der Waals surface area contributed by atoms with Crippen molar-refractivity contribution in [1.82, 2.24) is 0 Å². The predicted octanol–water partition coefficient (Wildman–Crippen LogP) is 10.7. The van der Waals surface area contributed by atoms with Crippen molar-refractivity contribution in [2.45, 2.75) is 151 Å². The van der Waals surface area contributed by atoms with Gasteiger partial charge in [-0.25, -0.2) is 0 Å². The average Bonchev–Trinajstić information content (AvgIpc) is 3.13. The van der Waals surface area contributed by atoms with Gasteiger partial charge in [-0.15, -0.1) is 0 Å². The Labute approximate surface area is 227 Å². The first-order valence-corrected chi connectivity index (χ1v) is 18.9. The number of hydrogen-bond acceptors (Lipinski definition) is 1. The van der Waals surface area contributed by atoms with Gasteiger partial charge in [0.2, 0.25) is 0 Å². The van der Waals surface area contributed by atoms with Crippen LogP contribution in [0.4, 0.5) is 0 Å². The normalized spacial score (nSPS) is 40.8. The summed E-state index contributed by atoms with van der Waals surface area (Å²) in [6, 6.07) is 0. The second-order valence-electron chi connectivity index (χ2n) is 16.5. The summed E-state index contributed by atoms with van der Waals surface area (Å²) in [7, 11) is -1.68. The Kier molecular flexibility index (Phi) is 8.15. The van der Waals surface area contributed by atoms with E-state index in [2.05, 4.69) is 81.5 Å². The van der Waals surface area contributed by atoms with E-state index in [1.807, 2.05) is 5.57 Å². The molecule has 3 fully saturated rings. The molecule has 0 heterocycles. The van der Waals surface area contributed by atoms with Gasteiger partial charge in [-0.1, -0.05) is 86.8 Å². The molecule has 0 spiro atoms. The van der Waals surface area contributed by atoms with Gasteiger partial charge in [-0.3, -0.25) is 0 Å². The van der Waals surface area contributed by atoms with Crippen molar-refractivity contribution in [1.29, 1.82) is 0 Å². The van der Waals surface area contributed by atoms with Gasteiger partial charge in [-0.05, 0) is 122 Å². The topological polar surface area (TPSA) is 9.23 Å². The molecular weight excluding hydrogens is 452 g/mol. The summed E-state index contributed by atoms with van der Waals surface area (Å²) in [5, 5.41) is 0.314. The van der Waals surface area contributed by atoms with E-state index in [4.69, 9.17) is 4.43 Å². The van der Waals surface area contributed by atoms with Crippen LogP contribution in [0.5, 0.6) is 0 Å². The molecule has 3 unspecified atom stereocenters. The molecule has 208 valence electrons. The minimum atomic E-state index is -1.68. The van der Waals surface area contributed by atoms with Crippen molar-refractivity contribution in [2.24, 2.45) is 52.3 Å². The zero-order valence-corrected chi connectivity index (χ0v) is 27.2. The van der Waals surface area contributed by atoms with Crippen molar-refractivity contribution in [2.75, 3.05) is 0 Å². The number of allylic oxidation sites excluding steroid dienone is 2. The van der Waals surface area contributed by atoms with Gasteiger partial charge >= 0.3 is 0 Å². The van der Waals surface area contributed by atoms with E-state index < -0.39 is 8.32 Å².